The number of esters is 1. The normalized spacial score (nSPS) is 15.1. The van der Waals surface area contributed by atoms with Gasteiger partial charge in [0.1, 0.15) is 18.0 Å². The lowest BCUT2D eigenvalue weighted by molar-refractivity contribution is -0.141. The fourth-order valence-electron chi connectivity index (χ4n) is 5.54. The number of hydrogen-bond acceptors (Lipinski definition) is 7. The van der Waals surface area contributed by atoms with Crippen LogP contribution in [0.15, 0.2) is 24.3 Å². The van der Waals surface area contributed by atoms with Gasteiger partial charge in [-0.15, -0.1) is 0 Å². The number of carbonyl (C=O) groups is 3. The van der Waals surface area contributed by atoms with Gasteiger partial charge in [-0.05, 0) is 43.4 Å². The summed E-state index contributed by atoms with van der Waals surface area (Å²) in [6.07, 6.45) is 9.05. The van der Waals surface area contributed by atoms with Crippen molar-refractivity contribution in [1.29, 1.82) is 0 Å². The Morgan fingerprint density at radius 2 is 1.69 bits per heavy atom. The van der Waals surface area contributed by atoms with Crippen LogP contribution in [0.25, 0.3) is 11.3 Å². The van der Waals surface area contributed by atoms with Gasteiger partial charge >= 0.3 is 5.97 Å². The van der Waals surface area contributed by atoms with E-state index in [0.29, 0.717) is 35.1 Å². The molecule has 0 radical (unpaired) electrons. The predicted octanol–water partition coefficient (Wildman–Crippen LogP) is 5.31. The second kappa shape index (κ2) is 16.2. The van der Waals surface area contributed by atoms with Gasteiger partial charge in [-0.3, -0.25) is 19.1 Å². The van der Waals surface area contributed by atoms with Crippen LogP contribution in [0.2, 0.25) is 0 Å². The van der Waals surface area contributed by atoms with E-state index < -0.39 is 12.0 Å². The minimum atomic E-state index is -0.523. The van der Waals surface area contributed by atoms with Gasteiger partial charge < -0.3 is 24.8 Å². The van der Waals surface area contributed by atoms with Gasteiger partial charge in [-0.2, -0.15) is 5.10 Å². The van der Waals surface area contributed by atoms with E-state index in [1.54, 1.807) is 20.3 Å². The molecular weight excluding hydrogens is 536 g/mol. The first-order valence-electron chi connectivity index (χ1n) is 15.1. The average Bonchev–Trinajstić information content (AvgIpc) is 3.44. The molecule has 10 nitrogen and oxygen atoms in total. The molecule has 2 amide bonds. The number of ether oxygens (including phenoxy) is 3. The first kappa shape index (κ1) is 32.9. The zero-order chi connectivity index (χ0) is 30.6. The van der Waals surface area contributed by atoms with Crippen LogP contribution in [0, 0.1) is 11.8 Å². The number of nitrogens with zero attached hydrogens (tertiary/aromatic N) is 2. The highest BCUT2D eigenvalue weighted by molar-refractivity contribution is 5.94. The van der Waals surface area contributed by atoms with Gasteiger partial charge in [0.15, 0.2) is 5.69 Å². The number of nitrogens with one attached hydrogen (secondary N) is 2. The highest BCUT2D eigenvalue weighted by atomic mass is 16.5. The maximum Gasteiger partial charge on any atom is 0.325 e. The highest BCUT2D eigenvalue weighted by Crippen LogP contribution is 2.40. The molecule has 10 heteroatoms. The fourth-order valence-corrected chi connectivity index (χ4v) is 5.54. The van der Waals surface area contributed by atoms with Crippen LogP contribution in [0.5, 0.6) is 11.5 Å². The summed E-state index contributed by atoms with van der Waals surface area (Å²) in [5.41, 5.74) is 1.67. The van der Waals surface area contributed by atoms with Crippen molar-refractivity contribution < 1.29 is 28.6 Å². The molecule has 1 aliphatic rings. The number of aromatic nitrogens is 2. The first-order valence-corrected chi connectivity index (χ1v) is 15.1. The lowest BCUT2D eigenvalue weighted by Gasteiger charge is -2.23. The van der Waals surface area contributed by atoms with Crippen LogP contribution in [-0.2, 0) is 14.3 Å². The second-order valence-corrected chi connectivity index (χ2v) is 11.5. The van der Waals surface area contributed by atoms with Gasteiger partial charge in [0.2, 0.25) is 5.91 Å². The monoisotopic (exact) mass is 584 g/mol. The van der Waals surface area contributed by atoms with Gasteiger partial charge in [-0.25, -0.2) is 0 Å². The van der Waals surface area contributed by atoms with Crippen LogP contribution in [-0.4, -0.2) is 61.5 Å². The zero-order valence-corrected chi connectivity index (χ0v) is 26.0. The summed E-state index contributed by atoms with van der Waals surface area (Å²) in [5, 5.41) is 10.4. The van der Waals surface area contributed by atoms with Crippen molar-refractivity contribution in [3.05, 3.63) is 30.0 Å². The number of rotatable bonds is 15. The van der Waals surface area contributed by atoms with Crippen molar-refractivity contribution in [3.63, 3.8) is 0 Å². The van der Waals surface area contributed by atoms with E-state index in [1.165, 1.54) is 39.2 Å². The molecule has 1 fully saturated rings. The van der Waals surface area contributed by atoms with Crippen molar-refractivity contribution in [3.8, 4) is 22.8 Å². The zero-order valence-electron chi connectivity index (χ0n) is 26.0. The Hall–Kier alpha value is -3.56. The molecule has 2 aromatic rings. The minimum absolute atomic E-state index is 0.0217. The molecule has 1 aliphatic carbocycles. The van der Waals surface area contributed by atoms with Crippen molar-refractivity contribution >= 4 is 17.8 Å². The molecule has 2 atom stereocenters. The average molecular weight is 585 g/mol. The molecule has 1 aromatic carbocycles. The topological polar surface area (TPSA) is 121 Å². The number of benzene rings is 1. The Bertz CT molecular complexity index is 1170. The van der Waals surface area contributed by atoms with Crippen LogP contribution in [0.4, 0.5) is 0 Å². The third kappa shape index (κ3) is 8.97. The summed E-state index contributed by atoms with van der Waals surface area (Å²) in [6.45, 7) is 6.05. The fraction of sp³-hybridized carbons (Fsp3) is 0.625. The van der Waals surface area contributed by atoms with Crippen molar-refractivity contribution in [1.82, 2.24) is 20.4 Å². The molecule has 1 saturated carbocycles. The summed E-state index contributed by atoms with van der Waals surface area (Å²) < 4.78 is 17.8. The largest absolute Gasteiger partial charge is 0.496 e. The summed E-state index contributed by atoms with van der Waals surface area (Å²) in [7, 11) is 4.47. The van der Waals surface area contributed by atoms with Crippen LogP contribution in [0.3, 0.4) is 0 Å². The molecule has 0 bridgehead atoms. The van der Waals surface area contributed by atoms with E-state index in [0.717, 1.165) is 12.8 Å². The Morgan fingerprint density at radius 3 is 2.29 bits per heavy atom. The molecule has 2 N–H and O–H groups in total. The minimum Gasteiger partial charge on any atom is -0.496 e. The Balaban J connectivity index is 1.85. The molecule has 1 heterocycles. The molecule has 3 rings (SSSR count). The lowest BCUT2D eigenvalue weighted by Crippen LogP contribution is -2.40. The number of hydrogen-bond donors (Lipinski definition) is 2. The Morgan fingerprint density at radius 1 is 1.02 bits per heavy atom. The van der Waals surface area contributed by atoms with E-state index in [9.17, 15) is 14.4 Å². The Kier molecular flexibility index (Phi) is 12.7. The smallest absolute Gasteiger partial charge is 0.325 e. The number of carbonyl (C=O) groups excluding carboxylic acids is 3. The van der Waals surface area contributed by atoms with Crippen molar-refractivity contribution in [2.45, 2.75) is 90.6 Å². The van der Waals surface area contributed by atoms with E-state index in [2.05, 4.69) is 36.1 Å². The summed E-state index contributed by atoms with van der Waals surface area (Å²) in [5.74, 6) is 0.971. The number of methoxy groups -OCH3 is 3. The van der Waals surface area contributed by atoms with E-state index in [-0.39, 0.29) is 42.4 Å². The second-order valence-electron chi connectivity index (χ2n) is 11.5. The molecule has 232 valence electrons. The summed E-state index contributed by atoms with van der Waals surface area (Å²) >= 11 is 0. The van der Waals surface area contributed by atoms with Gasteiger partial charge in [-0.1, -0.05) is 64.9 Å². The van der Waals surface area contributed by atoms with E-state index in [1.807, 2.05) is 22.9 Å². The Labute approximate surface area is 249 Å². The molecule has 1 unspecified atom stereocenters. The van der Waals surface area contributed by atoms with Crippen LogP contribution < -0.4 is 20.1 Å². The van der Waals surface area contributed by atoms with E-state index in [4.69, 9.17) is 14.6 Å². The van der Waals surface area contributed by atoms with Crippen LogP contribution >= 0.6 is 0 Å². The highest BCUT2D eigenvalue weighted by Gasteiger charge is 2.26. The standard InChI is InChI=1S/C32H48N4O6/c1-21(2)22(3)36-26(31-27(40-4)16-11-17-28(31)41-5)19-25(35-36)32(39)34-24(18-29(37)33-20-30(38)42-6)15-10-14-23-12-8-7-9-13-23/h11,16-17,19,21-24H,7-10,12-15,18,20H2,1-6H3,(H,33,37)(H,34,39)/t22?,24-/m0/s1. The van der Waals surface area contributed by atoms with Gasteiger partial charge in [0, 0.05) is 12.5 Å². The predicted molar refractivity (Wildman–Crippen MR) is 162 cm³/mol. The van der Waals surface area contributed by atoms with Crippen LogP contribution in [0.1, 0.15) is 95.1 Å². The lowest BCUT2D eigenvalue weighted by atomic mass is 9.85. The molecule has 1 aromatic heterocycles. The quantitative estimate of drug-likeness (QED) is 0.272. The maximum atomic E-state index is 13.7. The van der Waals surface area contributed by atoms with Gasteiger partial charge in [0.25, 0.3) is 5.91 Å². The first-order chi connectivity index (χ1) is 20.2. The molecule has 42 heavy (non-hydrogen) atoms. The maximum absolute atomic E-state index is 13.7. The molecule has 0 saturated heterocycles. The van der Waals surface area contributed by atoms with Crippen molar-refractivity contribution in [2.24, 2.45) is 11.8 Å². The van der Waals surface area contributed by atoms with Gasteiger partial charge in [0.05, 0.1) is 38.6 Å². The third-order valence-corrected chi connectivity index (χ3v) is 8.32. The summed E-state index contributed by atoms with van der Waals surface area (Å²) in [6, 6.07) is 6.88. The molecule has 0 spiro atoms. The molecule has 0 aliphatic heterocycles. The third-order valence-electron chi connectivity index (χ3n) is 8.32. The summed E-state index contributed by atoms with van der Waals surface area (Å²) in [4.78, 5) is 37.9. The number of amides is 2. The SMILES string of the molecule is COC(=O)CNC(=O)C[C@H](CCCC1CCCCC1)NC(=O)c1cc(-c2c(OC)cccc2OC)n(C(C)C(C)C)n1. The van der Waals surface area contributed by atoms with E-state index >= 15 is 0 Å². The molecular formula is C32H48N4O6. The van der Waals surface area contributed by atoms with Crippen molar-refractivity contribution in [2.75, 3.05) is 27.9 Å².